The summed E-state index contributed by atoms with van der Waals surface area (Å²) >= 11 is 0. The summed E-state index contributed by atoms with van der Waals surface area (Å²) in [5.74, 6) is 0. The normalized spacial score (nSPS) is 14.2. The molecule has 0 radical (unpaired) electrons. The highest BCUT2D eigenvalue weighted by atomic mass is 19.4. The maximum absolute atomic E-state index is 12.1. The monoisotopic (exact) mass is 221 g/mol. The lowest BCUT2D eigenvalue weighted by Gasteiger charge is -2.15. The molecule has 2 N–H and O–H groups in total. The zero-order valence-corrected chi connectivity index (χ0v) is 8.46. The highest BCUT2D eigenvalue weighted by Crippen LogP contribution is 2.27. The van der Waals surface area contributed by atoms with Crippen LogP contribution in [0.4, 0.5) is 13.2 Å². The van der Waals surface area contributed by atoms with Crippen molar-refractivity contribution in [3.05, 3.63) is 18.0 Å². The van der Waals surface area contributed by atoms with E-state index in [0.29, 0.717) is 12.2 Å². The summed E-state index contributed by atoms with van der Waals surface area (Å²) in [7, 11) is 0. The highest BCUT2D eigenvalue weighted by molar-refractivity contribution is 5.06. The molecule has 1 heterocycles. The standard InChI is InChI=1S/C9H14F3N3/c1-2-5-15-8(3-4-14-15)7(13)6-9(10,11)12/h3-4,7H,2,5-6,13H2,1H3/t7-/m1/s1. The first kappa shape index (κ1) is 12.0. The van der Waals surface area contributed by atoms with E-state index in [2.05, 4.69) is 5.10 Å². The molecule has 6 heteroatoms. The van der Waals surface area contributed by atoms with Gasteiger partial charge in [-0.25, -0.2) is 0 Å². The van der Waals surface area contributed by atoms with Crippen LogP contribution in [0.25, 0.3) is 0 Å². The Morgan fingerprint density at radius 3 is 2.73 bits per heavy atom. The van der Waals surface area contributed by atoms with Crippen LogP contribution in [0.1, 0.15) is 31.5 Å². The van der Waals surface area contributed by atoms with Gasteiger partial charge in [0.15, 0.2) is 0 Å². The van der Waals surface area contributed by atoms with Crippen LogP contribution in [-0.4, -0.2) is 16.0 Å². The summed E-state index contributed by atoms with van der Waals surface area (Å²) in [6, 6.07) is 0.505. The third-order valence-corrected chi connectivity index (χ3v) is 2.02. The average molecular weight is 221 g/mol. The molecule has 0 aromatic carbocycles. The van der Waals surface area contributed by atoms with Gasteiger partial charge < -0.3 is 5.73 Å². The molecule has 1 aromatic heterocycles. The van der Waals surface area contributed by atoms with Gasteiger partial charge in [0.1, 0.15) is 0 Å². The molecule has 0 aliphatic heterocycles. The van der Waals surface area contributed by atoms with Crippen LogP contribution in [0.5, 0.6) is 0 Å². The van der Waals surface area contributed by atoms with Crippen molar-refractivity contribution in [1.29, 1.82) is 0 Å². The Labute approximate surface area is 86.1 Å². The topological polar surface area (TPSA) is 43.8 Å². The molecule has 0 aliphatic rings. The number of aryl methyl sites for hydroxylation is 1. The quantitative estimate of drug-likeness (QED) is 0.847. The van der Waals surface area contributed by atoms with Crippen molar-refractivity contribution in [2.45, 2.75) is 38.5 Å². The summed E-state index contributed by atoms with van der Waals surface area (Å²) in [5.41, 5.74) is 5.91. The SMILES string of the molecule is CCCn1nccc1[C@H](N)CC(F)(F)F. The Morgan fingerprint density at radius 2 is 2.20 bits per heavy atom. The molecule has 0 fully saturated rings. The lowest BCUT2D eigenvalue weighted by molar-refractivity contribution is -0.138. The summed E-state index contributed by atoms with van der Waals surface area (Å²) in [6.07, 6.45) is -2.96. The Hall–Kier alpha value is -1.04. The van der Waals surface area contributed by atoms with Crippen molar-refractivity contribution in [2.24, 2.45) is 5.73 Å². The zero-order chi connectivity index (χ0) is 11.5. The molecule has 1 rings (SSSR count). The summed E-state index contributed by atoms with van der Waals surface area (Å²) in [4.78, 5) is 0. The molecular weight excluding hydrogens is 207 g/mol. The highest BCUT2D eigenvalue weighted by Gasteiger charge is 2.31. The van der Waals surface area contributed by atoms with E-state index >= 15 is 0 Å². The maximum Gasteiger partial charge on any atom is 0.390 e. The van der Waals surface area contributed by atoms with Crippen LogP contribution in [0.15, 0.2) is 12.3 Å². The van der Waals surface area contributed by atoms with E-state index in [0.717, 1.165) is 6.42 Å². The summed E-state index contributed by atoms with van der Waals surface area (Å²) < 4.78 is 37.8. The molecule has 1 atom stereocenters. The van der Waals surface area contributed by atoms with Crippen LogP contribution < -0.4 is 5.73 Å². The van der Waals surface area contributed by atoms with Gasteiger partial charge in [-0.3, -0.25) is 4.68 Å². The smallest absolute Gasteiger partial charge is 0.322 e. The van der Waals surface area contributed by atoms with E-state index in [9.17, 15) is 13.2 Å². The summed E-state index contributed by atoms with van der Waals surface area (Å²) in [5, 5.41) is 3.93. The molecule has 0 amide bonds. The number of hydrogen-bond donors (Lipinski definition) is 1. The largest absolute Gasteiger partial charge is 0.390 e. The number of alkyl halides is 3. The summed E-state index contributed by atoms with van der Waals surface area (Å²) in [6.45, 7) is 2.52. The van der Waals surface area contributed by atoms with Crippen LogP contribution in [0, 0.1) is 0 Å². The third kappa shape index (κ3) is 3.54. The predicted octanol–water partition coefficient (Wildman–Crippen LogP) is 2.25. The Morgan fingerprint density at radius 1 is 1.53 bits per heavy atom. The second-order valence-corrected chi connectivity index (χ2v) is 3.41. The first-order chi connectivity index (χ1) is 6.94. The first-order valence-electron chi connectivity index (χ1n) is 4.78. The minimum atomic E-state index is -4.24. The Balaban J connectivity index is 2.72. The third-order valence-electron chi connectivity index (χ3n) is 2.02. The molecule has 0 saturated heterocycles. The van der Waals surface area contributed by atoms with E-state index in [1.165, 1.54) is 16.9 Å². The minimum absolute atomic E-state index is 0.439. The maximum atomic E-state index is 12.1. The van der Waals surface area contributed by atoms with Crippen molar-refractivity contribution in [2.75, 3.05) is 0 Å². The molecule has 3 nitrogen and oxygen atoms in total. The number of hydrogen-bond acceptors (Lipinski definition) is 2. The molecular formula is C9H14F3N3. The van der Waals surface area contributed by atoms with Crippen LogP contribution >= 0.6 is 0 Å². The van der Waals surface area contributed by atoms with E-state index in [1.54, 1.807) is 0 Å². The van der Waals surface area contributed by atoms with Crippen LogP contribution in [0.3, 0.4) is 0 Å². The van der Waals surface area contributed by atoms with Gasteiger partial charge in [0.2, 0.25) is 0 Å². The molecule has 0 aliphatic carbocycles. The first-order valence-corrected chi connectivity index (χ1v) is 4.78. The molecule has 0 bridgehead atoms. The minimum Gasteiger partial charge on any atom is -0.322 e. The fourth-order valence-electron chi connectivity index (χ4n) is 1.41. The van der Waals surface area contributed by atoms with Gasteiger partial charge >= 0.3 is 6.18 Å². The number of halogens is 3. The Bertz CT molecular complexity index is 306. The van der Waals surface area contributed by atoms with Gasteiger partial charge in [0, 0.05) is 12.7 Å². The van der Waals surface area contributed by atoms with Gasteiger partial charge in [-0.2, -0.15) is 18.3 Å². The second-order valence-electron chi connectivity index (χ2n) is 3.41. The average Bonchev–Trinajstić information content (AvgIpc) is 2.49. The van der Waals surface area contributed by atoms with E-state index < -0.39 is 18.6 Å². The van der Waals surface area contributed by atoms with Gasteiger partial charge in [-0.05, 0) is 12.5 Å². The van der Waals surface area contributed by atoms with Gasteiger partial charge in [0.05, 0.1) is 18.2 Å². The molecule has 86 valence electrons. The van der Waals surface area contributed by atoms with Crippen molar-refractivity contribution in [3.63, 3.8) is 0 Å². The van der Waals surface area contributed by atoms with Gasteiger partial charge in [0.25, 0.3) is 0 Å². The lowest BCUT2D eigenvalue weighted by Crippen LogP contribution is -2.23. The van der Waals surface area contributed by atoms with Gasteiger partial charge in [-0.1, -0.05) is 6.92 Å². The molecule has 0 unspecified atom stereocenters. The number of nitrogens with two attached hydrogens (primary N) is 1. The molecule has 15 heavy (non-hydrogen) atoms. The fraction of sp³-hybridized carbons (Fsp3) is 0.667. The van der Waals surface area contributed by atoms with Crippen LogP contribution in [-0.2, 0) is 6.54 Å². The van der Waals surface area contributed by atoms with Crippen molar-refractivity contribution >= 4 is 0 Å². The Kier molecular flexibility index (Phi) is 3.73. The van der Waals surface area contributed by atoms with E-state index in [4.69, 9.17) is 5.73 Å². The van der Waals surface area contributed by atoms with E-state index in [-0.39, 0.29) is 0 Å². The van der Waals surface area contributed by atoms with E-state index in [1.807, 2.05) is 6.92 Å². The number of aromatic nitrogens is 2. The molecule has 1 aromatic rings. The van der Waals surface area contributed by atoms with Crippen molar-refractivity contribution in [3.8, 4) is 0 Å². The molecule has 0 spiro atoms. The van der Waals surface area contributed by atoms with Crippen molar-refractivity contribution in [1.82, 2.24) is 9.78 Å². The van der Waals surface area contributed by atoms with Gasteiger partial charge in [-0.15, -0.1) is 0 Å². The van der Waals surface area contributed by atoms with Crippen molar-refractivity contribution < 1.29 is 13.2 Å². The molecule has 0 saturated carbocycles. The van der Waals surface area contributed by atoms with Crippen LogP contribution in [0.2, 0.25) is 0 Å². The second kappa shape index (κ2) is 4.65. The lowest BCUT2D eigenvalue weighted by atomic mass is 10.1. The zero-order valence-electron chi connectivity index (χ0n) is 8.46. The fourth-order valence-corrected chi connectivity index (χ4v) is 1.41. The predicted molar refractivity (Wildman–Crippen MR) is 50.1 cm³/mol. The number of nitrogens with zero attached hydrogens (tertiary/aromatic N) is 2. The number of rotatable bonds is 4.